The molecular formula is C23H19FN4OS. The fourth-order valence-electron chi connectivity index (χ4n) is 3.03. The molecule has 4 aromatic rings. The van der Waals surface area contributed by atoms with Gasteiger partial charge in [0.15, 0.2) is 11.0 Å². The highest BCUT2D eigenvalue weighted by atomic mass is 32.2. The molecule has 1 aromatic heterocycles. The molecule has 0 bridgehead atoms. The highest BCUT2D eigenvalue weighted by Gasteiger charge is 2.25. The smallest absolute Gasteiger partial charge is 0.242 e. The molecular weight excluding hydrogens is 399 g/mol. The van der Waals surface area contributed by atoms with Crippen LogP contribution >= 0.6 is 11.8 Å². The molecule has 0 saturated carbocycles. The summed E-state index contributed by atoms with van der Waals surface area (Å²) < 4.78 is 15.9. The fraction of sp³-hybridized carbons (Fsp3) is 0.0870. The second-order valence-electron chi connectivity index (χ2n) is 6.61. The molecule has 1 unspecified atom stereocenters. The normalized spacial score (nSPS) is 11.8. The molecule has 1 N–H and O–H groups in total. The van der Waals surface area contributed by atoms with Crippen molar-refractivity contribution < 1.29 is 9.18 Å². The summed E-state index contributed by atoms with van der Waals surface area (Å²) in [6.07, 6.45) is 0. The van der Waals surface area contributed by atoms with E-state index in [1.165, 1.54) is 17.8 Å². The number of para-hydroxylation sites is 1. The van der Waals surface area contributed by atoms with E-state index in [0.29, 0.717) is 22.2 Å². The minimum Gasteiger partial charge on any atom is -0.325 e. The van der Waals surface area contributed by atoms with Gasteiger partial charge < -0.3 is 9.88 Å². The van der Waals surface area contributed by atoms with Gasteiger partial charge in [-0.05, 0) is 29.8 Å². The van der Waals surface area contributed by atoms with Crippen LogP contribution in [-0.2, 0) is 11.8 Å². The van der Waals surface area contributed by atoms with E-state index in [1.54, 1.807) is 29.8 Å². The van der Waals surface area contributed by atoms with Gasteiger partial charge in [-0.3, -0.25) is 4.79 Å². The topological polar surface area (TPSA) is 59.8 Å². The number of anilines is 1. The van der Waals surface area contributed by atoms with Gasteiger partial charge in [-0.2, -0.15) is 0 Å². The first-order valence-corrected chi connectivity index (χ1v) is 10.2. The van der Waals surface area contributed by atoms with E-state index in [1.807, 2.05) is 60.7 Å². The van der Waals surface area contributed by atoms with Crippen molar-refractivity contribution in [2.75, 3.05) is 5.32 Å². The molecule has 7 heteroatoms. The molecule has 0 aliphatic heterocycles. The summed E-state index contributed by atoms with van der Waals surface area (Å²) in [5.41, 5.74) is 1.92. The Balaban J connectivity index is 1.64. The van der Waals surface area contributed by atoms with Gasteiger partial charge in [0.05, 0.1) is 5.56 Å². The molecule has 4 rings (SSSR count). The number of rotatable bonds is 6. The summed E-state index contributed by atoms with van der Waals surface area (Å²) in [7, 11) is 1.77. The zero-order valence-electron chi connectivity index (χ0n) is 16.2. The lowest BCUT2D eigenvalue weighted by Crippen LogP contribution is -2.19. The Bertz CT molecular complexity index is 1150. The van der Waals surface area contributed by atoms with Crippen LogP contribution in [0, 0.1) is 5.82 Å². The van der Waals surface area contributed by atoms with Crippen molar-refractivity contribution in [3.8, 4) is 11.4 Å². The first-order chi connectivity index (χ1) is 14.6. The Kier molecular flexibility index (Phi) is 5.90. The number of nitrogens with zero attached hydrogens (tertiary/aromatic N) is 3. The summed E-state index contributed by atoms with van der Waals surface area (Å²) in [4.78, 5) is 13.1. The van der Waals surface area contributed by atoms with E-state index in [4.69, 9.17) is 0 Å². The highest BCUT2D eigenvalue weighted by molar-refractivity contribution is 8.00. The van der Waals surface area contributed by atoms with Crippen LogP contribution in [0.3, 0.4) is 0 Å². The first kappa shape index (κ1) is 19.8. The standard InChI is InChI=1S/C23H19FN4OS/c1-28-21(18-14-8-9-15-19(18)24)26-27-23(28)30-20(16-10-4-2-5-11-16)22(29)25-17-12-6-3-7-13-17/h2-15,20H,1H3,(H,25,29). The lowest BCUT2D eigenvalue weighted by Gasteiger charge is -2.16. The van der Waals surface area contributed by atoms with E-state index in [-0.39, 0.29) is 11.7 Å². The summed E-state index contributed by atoms with van der Waals surface area (Å²) in [6.45, 7) is 0. The van der Waals surface area contributed by atoms with Crippen LogP contribution in [-0.4, -0.2) is 20.7 Å². The maximum Gasteiger partial charge on any atom is 0.242 e. The van der Waals surface area contributed by atoms with Crippen molar-refractivity contribution in [1.82, 2.24) is 14.8 Å². The van der Waals surface area contributed by atoms with E-state index in [2.05, 4.69) is 15.5 Å². The van der Waals surface area contributed by atoms with Gasteiger partial charge in [0.1, 0.15) is 11.1 Å². The van der Waals surface area contributed by atoms with Gasteiger partial charge in [-0.15, -0.1) is 10.2 Å². The Labute approximate surface area is 178 Å². The molecule has 0 radical (unpaired) electrons. The molecule has 1 heterocycles. The van der Waals surface area contributed by atoms with E-state index < -0.39 is 5.25 Å². The van der Waals surface area contributed by atoms with Gasteiger partial charge in [-0.1, -0.05) is 72.4 Å². The third-order valence-electron chi connectivity index (χ3n) is 4.55. The van der Waals surface area contributed by atoms with Gasteiger partial charge in [0.2, 0.25) is 5.91 Å². The average Bonchev–Trinajstić information content (AvgIpc) is 3.13. The lowest BCUT2D eigenvalue weighted by atomic mass is 10.1. The molecule has 0 aliphatic carbocycles. The van der Waals surface area contributed by atoms with Crippen LogP contribution in [0.4, 0.5) is 10.1 Å². The quantitative estimate of drug-likeness (QED) is 0.443. The molecule has 1 amide bonds. The SMILES string of the molecule is Cn1c(SC(C(=O)Nc2ccccc2)c2ccccc2)nnc1-c1ccccc1F. The largest absolute Gasteiger partial charge is 0.325 e. The highest BCUT2D eigenvalue weighted by Crippen LogP contribution is 2.36. The molecule has 0 spiro atoms. The van der Waals surface area contributed by atoms with Gasteiger partial charge in [-0.25, -0.2) is 4.39 Å². The second-order valence-corrected chi connectivity index (χ2v) is 7.68. The molecule has 30 heavy (non-hydrogen) atoms. The number of hydrogen-bond donors (Lipinski definition) is 1. The Hall–Kier alpha value is -3.45. The minimum atomic E-state index is -0.553. The predicted octanol–water partition coefficient (Wildman–Crippen LogP) is 5.09. The van der Waals surface area contributed by atoms with Crippen molar-refractivity contribution in [1.29, 1.82) is 0 Å². The Morgan fingerprint density at radius 2 is 1.57 bits per heavy atom. The van der Waals surface area contributed by atoms with Crippen molar-refractivity contribution in [3.63, 3.8) is 0 Å². The van der Waals surface area contributed by atoms with Crippen molar-refractivity contribution in [2.45, 2.75) is 10.4 Å². The van der Waals surface area contributed by atoms with E-state index >= 15 is 0 Å². The summed E-state index contributed by atoms with van der Waals surface area (Å²) in [5.74, 6) is -0.135. The van der Waals surface area contributed by atoms with Crippen molar-refractivity contribution in [3.05, 3.63) is 96.3 Å². The number of nitrogens with one attached hydrogen (secondary N) is 1. The number of amides is 1. The third-order valence-corrected chi connectivity index (χ3v) is 5.84. The molecule has 3 aromatic carbocycles. The molecule has 5 nitrogen and oxygen atoms in total. The number of carbonyl (C=O) groups is 1. The van der Waals surface area contributed by atoms with Crippen LogP contribution in [0.5, 0.6) is 0 Å². The van der Waals surface area contributed by atoms with Crippen LogP contribution < -0.4 is 5.32 Å². The van der Waals surface area contributed by atoms with Crippen molar-refractivity contribution >= 4 is 23.4 Å². The van der Waals surface area contributed by atoms with Crippen LogP contribution in [0.1, 0.15) is 10.8 Å². The van der Waals surface area contributed by atoms with Crippen LogP contribution in [0.25, 0.3) is 11.4 Å². The summed E-state index contributed by atoms with van der Waals surface area (Å²) >= 11 is 1.27. The average molecular weight is 418 g/mol. The maximum atomic E-state index is 14.2. The number of halogens is 1. The number of benzene rings is 3. The lowest BCUT2D eigenvalue weighted by molar-refractivity contribution is -0.115. The minimum absolute atomic E-state index is 0.173. The third kappa shape index (κ3) is 4.26. The van der Waals surface area contributed by atoms with Crippen LogP contribution in [0.2, 0.25) is 0 Å². The predicted molar refractivity (Wildman–Crippen MR) is 117 cm³/mol. The van der Waals surface area contributed by atoms with E-state index in [0.717, 1.165) is 5.56 Å². The number of carbonyl (C=O) groups excluding carboxylic acids is 1. The van der Waals surface area contributed by atoms with Gasteiger partial charge >= 0.3 is 0 Å². The second kappa shape index (κ2) is 8.92. The molecule has 1 atom stereocenters. The molecule has 0 fully saturated rings. The molecule has 0 saturated heterocycles. The molecule has 0 aliphatic rings. The van der Waals surface area contributed by atoms with Crippen molar-refractivity contribution in [2.24, 2.45) is 7.05 Å². The monoisotopic (exact) mass is 418 g/mol. The summed E-state index contributed by atoms with van der Waals surface area (Å²) in [6, 6.07) is 25.2. The summed E-state index contributed by atoms with van der Waals surface area (Å²) in [5, 5.41) is 11.3. The van der Waals surface area contributed by atoms with Gasteiger partial charge in [0.25, 0.3) is 0 Å². The zero-order valence-corrected chi connectivity index (χ0v) is 17.0. The number of aromatic nitrogens is 3. The maximum absolute atomic E-state index is 14.2. The Morgan fingerprint density at radius 3 is 2.27 bits per heavy atom. The Morgan fingerprint density at radius 1 is 0.933 bits per heavy atom. The number of thioether (sulfide) groups is 1. The first-order valence-electron chi connectivity index (χ1n) is 9.35. The fourth-order valence-corrected chi connectivity index (χ4v) is 4.03. The van der Waals surface area contributed by atoms with Gasteiger partial charge in [0, 0.05) is 12.7 Å². The molecule has 150 valence electrons. The number of hydrogen-bond acceptors (Lipinski definition) is 4. The zero-order chi connectivity index (χ0) is 20.9. The van der Waals surface area contributed by atoms with Crippen LogP contribution in [0.15, 0.2) is 90.1 Å². The van der Waals surface area contributed by atoms with E-state index in [9.17, 15) is 9.18 Å².